The molecule has 0 saturated heterocycles. The highest BCUT2D eigenvalue weighted by Crippen LogP contribution is 2.25. The minimum atomic E-state index is -0.953. The summed E-state index contributed by atoms with van der Waals surface area (Å²) in [5.41, 5.74) is 7.56. The van der Waals surface area contributed by atoms with Crippen LogP contribution < -0.4 is 11.1 Å². The number of nitrogens with two attached hydrogens (primary N) is 1. The van der Waals surface area contributed by atoms with E-state index in [1.54, 1.807) is 7.11 Å². The molecule has 5 nitrogen and oxygen atoms in total. The number of ether oxygens (including phenoxy) is 1. The molecule has 1 saturated carbocycles. The van der Waals surface area contributed by atoms with Crippen LogP contribution in [0.25, 0.3) is 0 Å². The molecule has 3 N–H and O–H groups in total. The van der Waals surface area contributed by atoms with Crippen LogP contribution in [0.1, 0.15) is 24.8 Å². The zero-order valence-corrected chi connectivity index (χ0v) is 13.7. The number of methoxy groups -OCH3 is 1. The van der Waals surface area contributed by atoms with Crippen LogP contribution in [0.4, 0.5) is 5.69 Å². The van der Waals surface area contributed by atoms with Gasteiger partial charge in [-0.2, -0.15) is 0 Å². The lowest BCUT2D eigenvalue weighted by molar-refractivity contribution is -0.119. The van der Waals surface area contributed by atoms with Crippen LogP contribution in [0.5, 0.6) is 0 Å². The van der Waals surface area contributed by atoms with Gasteiger partial charge in [-0.05, 0) is 37.0 Å². The third-order valence-corrected chi connectivity index (χ3v) is 5.16. The van der Waals surface area contributed by atoms with E-state index < -0.39 is 10.8 Å². The molecule has 0 radical (unpaired) electrons. The molecule has 2 rings (SSSR count). The van der Waals surface area contributed by atoms with Gasteiger partial charge >= 0.3 is 0 Å². The first-order valence-corrected chi connectivity index (χ1v) is 9.06. The van der Waals surface area contributed by atoms with Crippen molar-refractivity contribution in [2.24, 2.45) is 11.7 Å². The van der Waals surface area contributed by atoms with Crippen molar-refractivity contribution in [2.75, 3.05) is 24.8 Å². The summed E-state index contributed by atoms with van der Waals surface area (Å²) in [4.78, 5) is 12.2. The summed E-state index contributed by atoms with van der Waals surface area (Å²) in [5.74, 6) is 1.04. The Balaban J connectivity index is 1.90. The first-order chi connectivity index (χ1) is 10.6. The first-order valence-electron chi connectivity index (χ1n) is 7.57. The third-order valence-electron chi connectivity index (χ3n) is 3.88. The molecule has 0 heterocycles. The fraction of sp³-hybridized carbons (Fsp3) is 0.562. The minimum Gasteiger partial charge on any atom is -0.384 e. The number of carbonyl (C=O) groups excluding carboxylic acids is 1. The third kappa shape index (κ3) is 5.19. The summed E-state index contributed by atoms with van der Waals surface area (Å²) >= 11 is 0. The fourth-order valence-corrected chi connectivity index (χ4v) is 3.72. The van der Waals surface area contributed by atoms with E-state index in [0.717, 1.165) is 30.5 Å². The second-order valence-corrected chi connectivity index (χ2v) is 7.32. The molecule has 0 aliphatic heterocycles. The average Bonchev–Trinajstić information content (AvgIpc) is 2.92. The number of hydrogen-bond donors (Lipinski definition) is 2. The van der Waals surface area contributed by atoms with Gasteiger partial charge in [-0.15, -0.1) is 0 Å². The van der Waals surface area contributed by atoms with Crippen LogP contribution in [0, 0.1) is 5.92 Å². The molecule has 6 heteroatoms. The molecule has 3 unspecified atom stereocenters. The molecule has 1 aromatic carbocycles. The maximum absolute atomic E-state index is 12.2. The molecule has 0 bridgehead atoms. The van der Waals surface area contributed by atoms with E-state index in [4.69, 9.17) is 10.5 Å². The Morgan fingerprint density at radius 1 is 1.45 bits per heavy atom. The molecular formula is C16H24N2O3S. The van der Waals surface area contributed by atoms with Gasteiger partial charge in [0.1, 0.15) is 0 Å². The summed E-state index contributed by atoms with van der Waals surface area (Å²) < 4.78 is 16.8. The summed E-state index contributed by atoms with van der Waals surface area (Å²) in [5, 5.41) is 2.94. The minimum absolute atomic E-state index is 0.00879. The van der Waals surface area contributed by atoms with Gasteiger partial charge in [-0.3, -0.25) is 9.00 Å². The highest BCUT2D eigenvalue weighted by molar-refractivity contribution is 7.84. The van der Waals surface area contributed by atoms with E-state index in [2.05, 4.69) is 5.32 Å². The van der Waals surface area contributed by atoms with Crippen LogP contribution in [0.2, 0.25) is 0 Å². The number of nitrogens with one attached hydrogen (secondary N) is 1. The number of carbonyl (C=O) groups is 1. The van der Waals surface area contributed by atoms with Crippen molar-refractivity contribution in [3.8, 4) is 0 Å². The van der Waals surface area contributed by atoms with Gasteiger partial charge in [0.2, 0.25) is 5.91 Å². The van der Waals surface area contributed by atoms with Crippen LogP contribution in [-0.2, 0) is 26.1 Å². The van der Waals surface area contributed by atoms with Gasteiger partial charge in [0.15, 0.2) is 0 Å². The summed E-state index contributed by atoms with van der Waals surface area (Å²) in [6, 6.07) is 7.68. The van der Waals surface area contributed by atoms with Crippen molar-refractivity contribution in [1.82, 2.24) is 0 Å². The van der Waals surface area contributed by atoms with E-state index in [0.29, 0.717) is 18.1 Å². The molecule has 22 heavy (non-hydrogen) atoms. The number of anilines is 1. The largest absolute Gasteiger partial charge is 0.384 e. The summed E-state index contributed by atoms with van der Waals surface area (Å²) in [6.07, 6.45) is 2.52. The lowest BCUT2D eigenvalue weighted by Gasteiger charge is -2.12. The Labute approximate surface area is 134 Å². The zero-order valence-electron chi connectivity index (χ0n) is 12.9. The summed E-state index contributed by atoms with van der Waals surface area (Å²) in [6.45, 7) is 0.491. The molecule has 0 aromatic heterocycles. The zero-order chi connectivity index (χ0) is 15.9. The van der Waals surface area contributed by atoms with Crippen LogP contribution in [0.15, 0.2) is 24.3 Å². The van der Waals surface area contributed by atoms with E-state index >= 15 is 0 Å². The first kappa shape index (κ1) is 17.1. The van der Waals surface area contributed by atoms with Gasteiger partial charge in [0, 0.05) is 47.1 Å². The predicted molar refractivity (Wildman–Crippen MR) is 89.0 cm³/mol. The highest BCUT2D eigenvalue weighted by Gasteiger charge is 2.27. The van der Waals surface area contributed by atoms with Crippen molar-refractivity contribution in [3.63, 3.8) is 0 Å². The van der Waals surface area contributed by atoms with Gasteiger partial charge in [0.25, 0.3) is 0 Å². The number of benzene rings is 1. The van der Waals surface area contributed by atoms with Crippen molar-refractivity contribution < 1.29 is 13.7 Å². The molecular weight excluding hydrogens is 300 g/mol. The van der Waals surface area contributed by atoms with Crippen LogP contribution in [-0.4, -0.2) is 35.6 Å². The van der Waals surface area contributed by atoms with Gasteiger partial charge in [-0.1, -0.05) is 12.1 Å². The number of hydrogen-bond acceptors (Lipinski definition) is 4. The standard InChI is InChI=1S/C16H24N2O3S/c1-21-7-8-22(20)11-12-3-2-4-15(9-12)18-16(19)13-5-6-14(17)10-13/h2-4,9,13-14H,5-8,10-11,17H2,1H3,(H,18,19). The smallest absolute Gasteiger partial charge is 0.227 e. The molecule has 3 atom stereocenters. The van der Waals surface area contributed by atoms with Gasteiger partial charge in [0.05, 0.1) is 6.61 Å². The topological polar surface area (TPSA) is 81.4 Å². The Morgan fingerprint density at radius 2 is 2.27 bits per heavy atom. The summed E-state index contributed by atoms with van der Waals surface area (Å²) in [7, 11) is 0.647. The number of amides is 1. The Hall–Kier alpha value is -1.24. The Kier molecular flexibility index (Phi) is 6.54. The van der Waals surface area contributed by atoms with Crippen molar-refractivity contribution in [3.05, 3.63) is 29.8 Å². The maximum atomic E-state index is 12.2. The van der Waals surface area contributed by atoms with E-state index in [9.17, 15) is 9.00 Å². The molecule has 1 aliphatic rings. The maximum Gasteiger partial charge on any atom is 0.227 e. The van der Waals surface area contributed by atoms with E-state index in [1.807, 2.05) is 24.3 Å². The predicted octanol–water partition coefficient (Wildman–Crippen LogP) is 1.65. The molecule has 0 spiro atoms. The average molecular weight is 324 g/mol. The van der Waals surface area contributed by atoms with Gasteiger partial charge < -0.3 is 15.8 Å². The molecule has 1 aromatic rings. The molecule has 1 amide bonds. The van der Waals surface area contributed by atoms with E-state index in [1.165, 1.54) is 0 Å². The SMILES string of the molecule is COCCS(=O)Cc1cccc(NC(=O)C2CCC(N)C2)c1. The number of rotatable bonds is 7. The van der Waals surface area contributed by atoms with Crippen LogP contribution in [0.3, 0.4) is 0 Å². The second-order valence-electron chi connectivity index (χ2n) is 5.74. The lowest BCUT2D eigenvalue weighted by atomic mass is 10.1. The van der Waals surface area contributed by atoms with Crippen molar-refractivity contribution in [1.29, 1.82) is 0 Å². The quantitative estimate of drug-likeness (QED) is 0.799. The van der Waals surface area contributed by atoms with Gasteiger partial charge in [-0.25, -0.2) is 0 Å². The molecule has 1 fully saturated rings. The Morgan fingerprint density at radius 3 is 2.95 bits per heavy atom. The second kappa shape index (κ2) is 8.41. The monoisotopic (exact) mass is 324 g/mol. The molecule has 1 aliphatic carbocycles. The highest BCUT2D eigenvalue weighted by atomic mass is 32.2. The lowest BCUT2D eigenvalue weighted by Crippen LogP contribution is -2.23. The van der Waals surface area contributed by atoms with Crippen LogP contribution >= 0.6 is 0 Å². The van der Waals surface area contributed by atoms with Crippen molar-refractivity contribution >= 4 is 22.4 Å². The molecule has 122 valence electrons. The Bertz CT molecular complexity index is 536. The normalized spacial score (nSPS) is 22.5. The van der Waals surface area contributed by atoms with E-state index in [-0.39, 0.29) is 17.9 Å². The fourth-order valence-electron chi connectivity index (χ4n) is 2.67. The van der Waals surface area contributed by atoms with Crippen molar-refractivity contribution in [2.45, 2.75) is 31.1 Å².